The Kier molecular flexibility index (Phi) is 7.08. The van der Waals surface area contributed by atoms with E-state index >= 15 is 0 Å². The highest BCUT2D eigenvalue weighted by molar-refractivity contribution is 5.76. The van der Waals surface area contributed by atoms with Crippen molar-refractivity contribution in [3.05, 3.63) is 0 Å². The molecule has 1 aliphatic rings. The number of hydrogen-bond donors (Lipinski definition) is 6. The lowest BCUT2D eigenvalue weighted by Crippen LogP contribution is -2.68. The predicted molar refractivity (Wildman–Crippen MR) is 78.8 cm³/mol. The molecule has 140 valence electrons. The Hall–Kier alpha value is -1.30. The van der Waals surface area contributed by atoms with E-state index < -0.39 is 67.3 Å². The maximum Gasteiger partial charge on any atom is 0.364 e. The molecule has 0 radical (unpaired) electrons. The van der Waals surface area contributed by atoms with Gasteiger partial charge in [0.25, 0.3) is 5.79 Å². The second-order valence-corrected chi connectivity index (χ2v) is 6.05. The molecule has 1 fully saturated rings. The molecule has 1 saturated heterocycles. The first-order valence-corrected chi connectivity index (χ1v) is 7.55. The van der Waals surface area contributed by atoms with E-state index in [9.17, 15) is 30.0 Å². The van der Waals surface area contributed by atoms with Gasteiger partial charge >= 0.3 is 5.97 Å². The average Bonchev–Trinajstić information content (AvgIpc) is 2.47. The van der Waals surface area contributed by atoms with E-state index in [0.29, 0.717) is 0 Å². The van der Waals surface area contributed by atoms with Gasteiger partial charge in [-0.05, 0) is 13.8 Å². The molecule has 10 heteroatoms. The van der Waals surface area contributed by atoms with Crippen molar-refractivity contribution < 1.29 is 44.6 Å². The molecule has 0 bridgehead atoms. The van der Waals surface area contributed by atoms with Crippen molar-refractivity contribution in [2.75, 3.05) is 6.61 Å². The van der Waals surface area contributed by atoms with Crippen LogP contribution in [0.1, 0.15) is 27.2 Å². The molecule has 1 aliphatic heterocycles. The van der Waals surface area contributed by atoms with Crippen LogP contribution in [-0.2, 0) is 19.1 Å². The molecule has 1 amide bonds. The van der Waals surface area contributed by atoms with Crippen molar-refractivity contribution in [2.24, 2.45) is 0 Å². The zero-order valence-corrected chi connectivity index (χ0v) is 13.7. The number of carbonyl (C=O) groups excluding carboxylic acids is 1. The van der Waals surface area contributed by atoms with E-state index in [1.54, 1.807) is 13.8 Å². The fourth-order valence-corrected chi connectivity index (χ4v) is 2.63. The standard InChI is InChI=1S/C14H25NO9/c1-6(2)23-14(13(21)22)4-8(18)10(15-7(3)17)12(24-14)11(20)9(19)5-16/h6,8-12,16,18-20H,4-5H2,1-3H3,(H,15,17)(H,21,22)/t8-,9?,10+,11?,12+,14?/m0/s1. The molecular formula is C14H25NO9. The number of carboxylic acids is 1. The van der Waals surface area contributed by atoms with Crippen molar-refractivity contribution in [3.8, 4) is 0 Å². The summed E-state index contributed by atoms with van der Waals surface area (Å²) in [5.74, 6) is -4.33. The maximum atomic E-state index is 11.7. The minimum absolute atomic E-state index is 0.496. The van der Waals surface area contributed by atoms with Gasteiger partial charge < -0.3 is 40.3 Å². The van der Waals surface area contributed by atoms with E-state index in [2.05, 4.69) is 5.32 Å². The highest BCUT2D eigenvalue weighted by Gasteiger charge is 2.56. The van der Waals surface area contributed by atoms with Gasteiger partial charge in [0, 0.05) is 13.3 Å². The Morgan fingerprint density at radius 2 is 1.96 bits per heavy atom. The number of aliphatic hydroxyl groups is 4. The quantitative estimate of drug-likeness (QED) is 0.292. The second kappa shape index (κ2) is 8.19. The number of hydrogen-bond acceptors (Lipinski definition) is 8. The van der Waals surface area contributed by atoms with Crippen LogP contribution in [0.5, 0.6) is 0 Å². The molecule has 6 N–H and O–H groups in total. The van der Waals surface area contributed by atoms with Gasteiger partial charge in [-0.2, -0.15) is 0 Å². The number of aliphatic hydroxyl groups excluding tert-OH is 4. The number of amides is 1. The molecule has 10 nitrogen and oxygen atoms in total. The summed E-state index contributed by atoms with van der Waals surface area (Å²) in [6.07, 6.45) is -7.45. The molecule has 0 spiro atoms. The number of rotatable bonds is 7. The van der Waals surface area contributed by atoms with Gasteiger partial charge in [-0.25, -0.2) is 4.79 Å². The summed E-state index contributed by atoms with van der Waals surface area (Å²) in [4.78, 5) is 23.0. The van der Waals surface area contributed by atoms with Gasteiger partial charge in [0.15, 0.2) is 0 Å². The smallest absolute Gasteiger partial charge is 0.364 e. The molecule has 0 saturated carbocycles. The SMILES string of the molecule is CC(=O)N[C@@H]1[C@@H](O)CC(OC(C)C)(C(=O)O)O[C@H]1C(O)C(O)CO. The molecule has 24 heavy (non-hydrogen) atoms. The number of carboxylic acid groups (broad SMARTS) is 1. The molecule has 0 aromatic heterocycles. The summed E-state index contributed by atoms with van der Waals surface area (Å²) >= 11 is 0. The third kappa shape index (κ3) is 4.62. The van der Waals surface area contributed by atoms with Crippen LogP contribution in [0, 0.1) is 0 Å². The van der Waals surface area contributed by atoms with Gasteiger partial charge in [-0.3, -0.25) is 4.79 Å². The Labute approximate surface area is 139 Å². The summed E-state index contributed by atoms with van der Waals surface area (Å²) < 4.78 is 10.7. The largest absolute Gasteiger partial charge is 0.477 e. The monoisotopic (exact) mass is 351 g/mol. The molecular weight excluding hydrogens is 326 g/mol. The molecule has 3 unspecified atom stereocenters. The third-order valence-corrected chi connectivity index (χ3v) is 3.61. The van der Waals surface area contributed by atoms with Crippen molar-refractivity contribution >= 4 is 11.9 Å². The van der Waals surface area contributed by atoms with Crippen LogP contribution in [-0.4, -0.2) is 86.4 Å². The normalized spacial score (nSPS) is 33.1. The zero-order chi connectivity index (χ0) is 18.7. The molecule has 1 heterocycles. The van der Waals surface area contributed by atoms with Crippen molar-refractivity contribution in [2.45, 2.75) is 69.5 Å². The highest BCUT2D eigenvalue weighted by Crippen LogP contribution is 2.34. The fourth-order valence-electron chi connectivity index (χ4n) is 2.63. The number of ether oxygens (including phenoxy) is 2. The summed E-state index contributed by atoms with van der Waals surface area (Å²) in [6, 6.07) is -1.19. The van der Waals surface area contributed by atoms with Crippen LogP contribution in [0.4, 0.5) is 0 Å². The molecule has 0 aliphatic carbocycles. The van der Waals surface area contributed by atoms with Crippen LogP contribution in [0.15, 0.2) is 0 Å². The van der Waals surface area contributed by atoms with Gasteiger partial charge in [-0.1, -0.05) is 0 Å². The first-order valence-electron chi connectivity index (χ1n) is 7.55. The van der Waals surface area contributed by atoms with Gasteiger partial charge in [-0.15, -0.1) is 0 Å². The Morgan fingerprint density at radius 3 is 2.38 bits per heavy atom. The number of aliphatic carboxylic acids is 1. The van der Waals surface area contributed by atoms with Crippen molar-refractivity contribution in [3.63, 3.8) is 0 Å². The summed E-state index contributed by atoms with van der Waals surface area (Å²) in [5.41, 5.74) is 0. The molecule has 0 aromatic rings. The minimum atomic E-state index is -2.26. The highest BCUT2D eigenvalue weighted by atomic mass is 16.7. The average molecular weight is 351 g/mol. The molecule has 0 aromatic carbocycles. The molecule has 6 atom stereocenters. The van der Waals surface area contributed by atoms with Crippen LogP contribution < -0.4 is 5.32 Å². The van der Waals surface area contributed by atoms with Crippen molar-refractivity contribution in [1.29, 1.82) is 0 Å². The first-order chi connectivity index (χ1) is 11.0. The van der Waals surface area contributed by atoms with Gasteiger partial charge in [0.2, 0.25) is 5.91 Å². The molecule has 1 rings (SSSR count). The Balaban J connectivity index is 3.21. The minimum Gasteiger partial charge on any atom is -0.477 e. The van der Waals surface area contributed by atoms with E-state index in [0.717, 1.165) is 0 Å². The van der Waals surface area contributed by atoms with Crippen LogP contribution in [0.2, 0.25) is 0 Å². The lowest BCUT2D eigenvalue weighted by Gasteiger charge is -2.47. The Bertz CT molecular complexity index is 458. The summed E-state index contributed by atoms with van der Waals surface area (Å²) in [5, 5.41) is 50.9. The lowest BCUT2D eigenvalue weighted by atomic mass is 9.88. The second-order valence-electron chi connectivity index (χ2n) is 6.05. The number of nitrogens with one attached hydrogen (secondary N) is 1. The first kappa shape index (κ1) is 20.7. The van der Waals surface area contributed by atoms with E-state index in [-0.39, 0.29) is 0 Å². The fraction of sp³-hybridized carbons (Fsp3) is 0.857. The third-order valence-electron chi connectivity index (χ3n) is 3.61. The van der Waals surface area contributed by atoms with Crippen LogP contribution >= 0.6 is 0 Å². The van der Waals surface area contributed by atoms with E-state index in [1.807, 2.05) is 0 Å². The van der Waals surface area contributed by atoms with E-state index in [1.165, 1.54) is 6.92 Å². The van der Waals surface area contributed by atoms with Crippen LogP contribution in [0.25, 0.3) is 0 Å². The van der Waals surface area contributed by atoms with Gasteiger partial charge in [0.1, 0.15) is 18.3 Å². The number of carbonyl (C=O) groups is 2. The summed E-state index contributed by atoms with van der Waals surface area (Å²) in [6.45, 7) is 3.47. The topological polar surface area (TPSA) is 166 Å². The zero-order valence-electron chi connectivity index (χ0n) is 13.7. The van der Waals surface area contributed by atoms with Crippen LogP contribution in [0.3, 0.4) is 0 Å². The predicted octanol–water partition coefficient (Wildman–Crippen LogP) is -2.44. The van der Waals surface area contributed by atoms with E-state index in [4.69, 9.17) is 14.6 Å². The summed E-state index contributed by atoms with van der Waals surface area (Å²) in [7, 11) is 0. The Morgan fingerprint density at radius 1 is 1.38 bits per heavy atom. The maximum absolute atomic E-state index is 11.7. The van der Waals surface area contributed by atoms with Crippen molar-refractivity contribution in [1.82, 2.24) is 5.32 Å². The lowest BCUT2D eigenvalue weighted by molar-refractivity contribution is -0.319. The van der Waals surface area contributed by atoms with Gasteiger partial charge in [0.05, 0.1) is 24.9 Å².